The maximum atomic E-state index is 11.6. The van der Waals surface area contributed by atoms with E-state index in [0.29, 0.717) is 12.3 Å². The Balaban J connectivity index is 1.71. The van der Waals surface area contributed by atoms with Crippen molar-refractivity contribution in [3.63, 3.8) is 0 Å². The van der Waals surface area contributed by atoms with E-state index in [-0.39, 0.29) is 5.91 Å². The molecular formula is C20H39N5O. The minimum absolute atomic E-state index is 0.163. The predicted molar refractivity (Wildman–Crippen MR) is 108 cm³/mol. The molecule has 0 atom stereocenters. The summed E-state index contributed by atoms with van der Waals surface area (Å²) in [5.41, 5.74) is 0. The Hall–Kier alpha value is -1.30. The Kier molecular flexibility index (Phi) is 9.23. The molecule has 150 valence electrons. The second-order valence-electron chi connectivity index (χ2n) is 7.92. The predicted octanol–water partition coefficient (Wildman–Crippen LogP) is 1.92. The van der Waals surface area contributed by atoms with Gasteiger partial charge in [0.25, 0.3) is 0 Å². The van der Waals surface area contributed by atoms with Crippen molar-refractivity contribution >= 4 is 11.9 Å². The van der Waals surface area contributed by atoms with E-state index in [1.807, 2.05) is 0 Å². The average Bonchev–Trinajstić information content (AvgIpc) is 2.66. The first-order valence-corrected chi connectivity index (χ1v) is 10.6. The second kappa shape index (κ2) is 11.4. The summed E-state index contributed by atoms with van der Waals surface area (Å²) in [6.45, 7) is 12.0. The standard InChI is InChI=1S/C20H39N5O/c1-4-22-20(23-10-5-11-24-12-6-17(2)7-13-24)25-14-8-18(9-15-25)16-19(26)21-3/h17-18H,4-16H2,1-3H3,(H,21,26)(H,22,23). The number of hydrogen-bond acceptors (Lipinski definition) is 3. The summed E-state index contributed by atoms with van der Waals surface area (Å²) in [4.78, 5) is 21.4. The van der Waals surface area contributed by atoms with E-state index in [1.54, 1.807) is 7.05 Å². The van der Waals surface area contributed by atoms with Crippen LogP contribution in [0.5, 0.6) is 0 Å². The zero-order chi connectivity index (χ0) is 18.8. The SMILES string of the molecule is CCNC(=NCCCN1CCC(C)CC1)N1CCC(CC(=O)NC)CC1. The van der Waals surface area contributed by atoms with Crippen LogP contribution in [-0.4, -0.2) is 74.5 Å². The van der Waals surface area contributed by atoms with Gasteiger partial charge >= 0.3 is 0 Å². The number of amides is 1. The van der Waals surface area contributed by atoms with E-state index in [9.17, 15) is 4.79 Å². The Bertz CT molecular complexity index is 437. The van der Waals surface area contributed by atoms with Gasteiger partial charge in [0.2, 0.25) is 5.91 Å². The third-order valence-electron chi connectivity index (χ3n) is 5.77. The summed E-state index contributed by atoms with van der Waals surface area (Å²) in [6, 6.07) is 0. The first kappa shape index (κ1) is 21.0. The molecule has 6 heteroatoms. The van der Waals surface area contributed by atoms with Crippen molar-refractivity contribution in [2.24, 2.45) is 16.8 Å². The van der Waals surface area contributed by atoms with Crippen LogP contribution in [0.25, 0.3) is 0 Å². The summed E-state index contributed by atoms with van der Waals surface area (Å²) < 4.78 is 0. The molecule has 0 unspecified atom stereocenters. The highest BCUT2D eigenvalue weighted by molar-refractivity contribution is 5.80. The molecule has 0 radical (unpaired) electrons. The number of aliphatic imine (C=N–C) groups is 1. The van der Waals surface area contributed by atoms with Crippen LogP contribution < -0.4 is 10.6 Å². The van der Waals surface area contributed by atoms with Gasteiger partial charge in [0.1, 0.15) is 0 Å². The Morgan fingerprint density at radius 3 is 2.42 bits per heavy atom. The third-order valence-corrected chi connectivity index (χ3v) is 5.77. The van der Waals surface area contributed by atoms with Gasteiger partial charge in [-0.1, -0.05) is 6.92 Å². The van der Waals surface area contributed by atoms with Crippen LogP contribution in [0.15, 0.2) is 4.99 Å². The van der Waals surface area contributed by atoms with Crippen LogP contribution in [0.1, 0.15) is 52.4 Å². The van der Waals surface area contributed by atoms with Crippen molar-refractivity contribution in [2.45, 2.75) is 52.4 Å². The fourth-order valence-electron chi connectivity index (χ4n) is 3.90. The molecular weight excluding hydrogens is 326 g/mol. The fraction of sp³-hybridized carbons (Fsp3) is 0.900. The number of nitrogens with zero attached hydrogens (tertiary/aromatic N) is 3. The summed E-state index contributed by atoms with van der Waals surface area (Å²) in [5, 5.41) is 6.18. The summed E-state index contributed by atoms with van der Waals surface area (Å²) in [6.07, 6.45) is 6.63. The normalized spacial score (nSPS) is 21.0. The highest BCUT2D eigenvalue weighted by atomic mass is 16.1. The van der Waals surface area contributed by atoms with Gasteiger partial charge in [0.15, 0.2) is 5.96 Å². The molecule has 2 rings (SSSR count). The van der Waals surface area contributed by atoms with E-state index < -0.39 is 0 Å². The van der Waals surface area contributed by atoms with Crippen molar-refractivity contribution in [1.29, 1.82) is 0 Å². The lowest BCUT2D eigenvalue weighted by Gasteiger charge is -2.34. The van der Waals surface area contributed by atoms with Crippen LogP contribution in [0, 0.1) is 11.8 Å². The summed E-state index contributed by atoms with van der Waals surface area (Å²) in [7, 11) is 1.72. The van der Waals surface area contributed by atoms with Crippen LogP contribution in [0.3, 0.4) is 0 Å². The van der Waals surface area contributed by atoms with Crippen molar-refractivity contribution in [3.05, 3.63) is 0 Å². The van der Waals surface area contributed by atoms with Gasteiger partial charge in [-0.05, 0) is 70.5 Å². The van der Waals surface area contributed by atoms with Gasteiger partial charge in [-0.15, -0.1) is 0 Å². The van der Waals surface area contributed by atoms with Crippen molar-refractivity contribution in [2.75, 3.05) is 52.9 Å². The van der Waals surface area contributed by atoms with E-state index in [4.69, 9.17) is 4.99 Å². The summed E-state index contributed by atoms with van der Waals surface area (Å²) in [5.74, 6) is 2.63. The Morgan fingerprint density at radius 1 is 1.12 bits per heavy atom. The molecule has 0 bridgehead atoms. The monoisotopic (exact) mass is 365 g/mol. The number of carbonyl (C=O) groups is 1. The van der Waals surface area contributed by atoms with E-state index >= 15 is 0 Å². The molecule has 0 aromatic carbocycles. The lowest BCUT2D eigenvalue weighted by atomic mass is 9.93. The van der Waals surface area contributed by atoms with Crippen LogP contribution in [-0.2, 0) is 4.79 Å². The van der Waals surface area contributed by atoms with Gasteiger partial charge in [-0.25, -0.2) is 0 Å². The molecule has 0 aromatic heterocycles. The highest BCUT2D eigenvalue weighted by Gasteiger charge is 2.23. The molecule has 0 saturated carbocycles. The molecule has 0 aliphatic carbocycles. The largest absolute Gasteiger partial charge is 0.359 e. The number of rotatable bonds is 7. The average molecular weight is 366 g/mol. The molecule has 6 nitrogen and oxygen atoms in total. The first-order valence-electron chi connectivity index (χ1n) is 10.6. The van der Waals surface area contributed by atoms with Crippen molar-refractivity contribution in [1.82, 2.24) is 20.4 Å². The molecule has 2 saturated heterocycles. The summed E-state index contributed by atoms with van der Waals surface area (Å²) >= 11 is 0. The molecule has 0 aromatic rings. The molecule has 2 fully saturated rings. The van der Waals surface area contributed by atoms with Gasteiger partial charge in [-0.3, -0.25) is 9.79 Å². The lowest BCUT2D eigenvalue weighted by Crippen LogP contribution is -2.46. The molecule has 26 heavy (non-hydrogen) atoms. The van der Waals surface area contributed by atoms with Crippen LogP contribution in [0.4, 0.5) is 0 Å². The number of carbonyl (C=O) groups excluding carboxylic acids is 1. The molecule has 2 aliphatic rings. The maximum Gasteiger partial charge on any atom is 0.220 e. The Morgan fingerprint density at radius 2 is 1.81 bits per heavy atom. The molecule has 2 aliphatic heterocycles. The van der Waals surface area contributed by atoms with E-state index in [1.165, 1.54) is 32.5 Å². The first-order chi connectivity index (χ1) is 12.6. The molecule has 0 spiro atoms. The van der Waals surface area contributed by atoms with Gasteiger partial charge < -0.3 is 20.4 Å². The number of guanidine groups is 1. The van der Waals surface area contributed by atoms with E-state index in [2.05, 4.69) is 34.3 Å². The lowest BCUT2D eigenvalue weighted by molar-refractivity contribution is -0.121. The van der Waals surface area contributed by atoms with Gasteiger partial charge in [0.05, 0.1) is 0 Å². The fourth-order valence-corrected chi connectivity index (χ4v) is 3.90. The topological polar surface area (TPSA) is 60.0 Å². The number of piperidine rings is 2. The maximum absolute atomic E-state index is 11.6. The van der Waals surface area contributed by atoms with Crippen LogP contribution >= 0.6 is 0 Å². The minimum atomic E-state index is 0.163. The molecule has 1 amide bonds. The van der Waals surface area contributed by atoms with Gasteiger partial charge in [-0.2, -0.15) is 0 Å². The molecule has 2 N–H and O–H groups in total. The quantitative estimate of drug-likeness (QED) is 0.411. The van der Waals surface area contributed by atoms with E-state index in [0.717, 1.165) is 57.3 Å². The van der Waals surface area contributed by atoms with Gasteiger partial charge in [0, 0.05) is 39.6 Å². The molecule has 2 heterocycles. The zero-order valence-corrected chi connectivity index (χ0v) is 17.1. The van der Waals surface area contributed by atoms with Crippen LogP contribution in [0.2, 0.25) is 0 Å². The smallest absolute Gasteiger partial charge is 0.220 e. The number of hydrogen-bond donors (Lipinski definition) is 2. The number of likely N-dealkylation sites (tertiary alicyclic amines) is 2. The van der Waals surface area contributed by atoms with Crippen molar-refractivity contribution in [3.8, 4) is 0 Å². The minimum Gasteiger partial charge on any atom is -0.359 e. The third kappa shape index (κ3) is 7.14. The second-order valence-corrected chi connectivity index (χ2v) is 7.92. The zero-order valence-electron chi connectivity index (χ0n) is 17.1. The Labute approximate surface area is 159 Å². The highest BCUT2D eigenvalue weighted by Crippen LogP contribution is 2.20. The number of nitrogens with one attached hydrogen (secondary N) is 2. The van der Waals surface area contributed by atoms with Crippen molar-refractivity contribution < 1.29 is 4.79 Å².